The Hall–Kier alpha value is -2.86. The molecule has 31 heavy (non-hydrogen) atoms. The molecule has 0 fully saturated rings. The second kappa shape index (κ2) is 8.35. The lowest BCUT2D eigenvalue weighted by molar-refractivity contribution is -0.116. The van der Waals surface area contributed by atoms with E-state index in [1.165, 1.54) is 11.1 Å². The summed E-state index contributed by atoms with van der Waals surface area (Å²) in [7, 11) is 0. The van der Waals surface area contributed by atoms with Gasteiger partial charge in [0.15, 0.2) is 5.17 Å². The van der Waals surface area contributed by atoms with Gasteiger partial charge in [-0.2, -0.15) is 0 Å². The van der Waals surface area contributed by atoms with Gasteiger partial charge in [0.25, 0.3) is 5.91 Å². The summed E-state index contributed by atoms with van der Waals surface area (Å²) in [6, 6.07) is 18.1. The number of para-hydroxylation sites is 1. The molecule has 0 saturated heterocycles. The summed E-state index contributed by atoms with van der Waals surface area (Å²) in [5, 5.41) is 12.2. The minimum Gasteiger partial charge on any atom is -0.298 e. The second-order valence-corrected chi connectivity index (χ2v) is 9.48. The molecule has 2 aliphatic heterocycles. The summed E-state index contributed by atoms with van der Waals surface area (Å²) >= 11 is 1.55. The topological polar surface area (TPSA) is 57.1 Å². The first-order valence-electron chi connectivity index (χ1n) is 10.8. The van der Waals surface area contributed by atoms with E-state index in [1.54, 1.807) is 11.8 Å². The Morgan fingerprint density at radius 1 is 1.13 bits per heavy atom. The van der Waals surface area contributed by atoms with E-state index in [-0.39, 0.29) is 12.1 Å². The van der Waals surface area contributed by atoms with Crippen molar-refractivity contribution in [2.24, 2.45) is 21.9 Å². The van der Waals surface area contributed by atoms with Crippen molar-refractivity contribution in [3.05, 3.63) is 82.4 Å². The van der Waals surface area contributed by atoms with Crippen molar-refractivity contribution in [3.63, 3.8) is 0 Å². The number of amides is 1. The molecule has 0 saturated carbocycles. The van der Waals surface area contributed by atoms with E-state index >= 15 is 0 Å². The molecular weight excluding hydrogens is 404 g/mol. The van der Waals surface area contributed by atoms with Crippen molar-refractivity contribution in [1.82, 2.24) is 10.3 Å². The Morgan fingerprint density at radius 3 is 2.71 bits per heavy atom. The molecule has 1 aliphatic carbocycles. The van der Waals surface area contributed by atoms with Gasteiger partial charge in [0.05, 0.1) is 5.36 Å². The van der Waals surface area contributed by atoms with Gasteiger partial charge in [-0.25, -0.2) is 5.01 Å². The molecule has 5 nitrogen and oxygen atoms in total. The Labute approximate surface area is 186 Å². The SMILES string of the molecule is CC1=CCC(C2N=c3ccccc3=C3C(=O)NC(SCc4ccccc4)=NN32)C(C)C1. The highest BCUT2D eigenvalue weighted by Crippen LogP contribution is 2.36. The molecule has 0 spiro atoms. The zero-order valence-corrected chi connectivity index (χ0v) is 18.6. The lowest BCUT2D eigenvalue weighted by Gasteiger charge is -2.40. The van der Waals surface area contributed by atoms with Crippen LogP contribution in [0.25, 0.3) is 5.70 Å². The molecule has 3 unspecified atom stereocenters. The highest BCUT2D eigenvalue weighted by molar-refractivity contribution is 8.13. The van der Waals surface area contributed by atoms with Crippen LogP contribution in [0.1, 0.15) is 32.3 Å². The number of carbonyl (C=O) groups is 1. The standard InChI is InChI=1S/C25H26N4OS/c1-16-12-13-19(17(2)14-16)23-26-21-11-7-6-10-20(21)22-24(30)27-25(28-29(22)23)31-15-18-8-4-3-5-9-18/h3-12,17,19,23H,13-15H2,1-2H3,(H,27,28,30). The average molecular weight is 431 g/mol. The summed E-state index contributed by atoms with van der Waals surface area (Å²) in [6.45, 7) is 4.48. The number of hydrogen-bond acceptors (Lipinski definition) is 5. The monoisotopic (exact) mass is 430 g/mol. The number of hydrogen-bond donors (Lipinski definition) is 1. The summed E-state index contributed by atoms with van der Waals surface area (Å²) in [5.41, 5.74) is 3.24. The number of thioether (sulfide) groups is 1. The van der Waals surface area contributed by atoms with E-state index < -0.39 is 0 Å². The molecule has 2 aromatic carbocycles. The van der Waals surface area contributed by atoms with Gasteiger partial charge in [-0.05, 0) is 37.3 Å². The van der Waals surface area contributed by atoms with Crippen LogP contribution in [0, 0.1) is 11.8 Å². The summed E-state index contributed by atoms with van der Waals surface area (Å²) in [4.78, 5) is 18.3. The van der Waals surface area contributed by atoms with E-state index in [4.69, 9.17) is 10.1 Å². The van der Waals surface area contributed by atoms with Crippen LogP contribution in [0.4, 0.5) is 0 Å². The second-order valence-electron chi connectivity index (χ2n) is 8.52. The highest BCUT2D eigenvalue weighted by atomic mass is 32.2. The minimum absolute atomic E-state index is 0.104. The van der Waals surface area contributed by atoms with Crippen LogP contribution < -0.4 is 15.9 Å². The van der Waals surface area contributed by atoms with Crippen molar-refractivity contribution in [3.8, 4) is 0 Å². The van der Waals surface area contributed by atoms with Crippen LogP contribution in [0.15, 0.2) is 76.3 Å². The first-order chi connectivity index (χ1) is 15.1. The van der Waals surface area contributed by atoms with Gasteiger partial charge in [0, 0.05) is 16.9 Å². The van der Waals surface area contributed by atoms with E-state index in [2.05, 4.69) is 37.4 Å². The number of hydrazone groups is 1. The lowest BCUT2D eigenvalue weighted by Crippen LogP contribution is -2.55. The maximum atomic E-state index is 13.2. The fraction of sp³-hybridized carbons (Fsp3) is 0.320. The van der Waals surface area contributed by atoms with Crippen molar-refractivity contribution in [2.45, 2.75) is 38.6 Å². The number of nitrogens with one attached hydrogen (secondary N) is 1. The van der Waals surface area contributed by atoms with Gasteiger partial charge < -0.3 is 0 Å². The molecule has 1 N–H and O–H groups in total. The highest BCUT2D eigenvalue weighted by Gasteiger charge is 2.39. The van der Waals surface area contributed by atoms with Crippen molar-refractivity contribution in [2.75, 3.05) is 0 Å². The van der Waals surface area contributed by atoms with Crippen molar-refractivity contribution in [1.29, 1.82) is 0 Å². The first kappa shape index (κ1) is 20.1. The predicted octanol–water partition coefficient (Wildman–Crippen LogP) is 3.38. The van der Waals surface area contributed by atoms with Gasteiger partial charge in [-0.15, -0.1) is 5.10 Å². The van der Waals surface area contributed by atoms with Crippen LogP contribution >= 0.6 is 11.8 Å². The lowest BCUT2D eigenvalue weighted by atomic mass is 9.79. The quantitative estimate of drug-likeness (QED) is 0.760. The number of fused-ring (bicyclic) bond motifs is 2. The van der Waals surface area contributed by atoms with Crippen LogP contribution in [0.3, 0.4) is 0 Å². The van der Waals surface area contributed by atoms with E-state index in [9.17, 15) is 4.79 Å². The maximum absolute atomic E-state index is 13.2. The molecule has 3 aliphatic rings. The third-order valence-electron chi connectivity index (χ3n) is 6.26. The van der Waals surface area contributed by atoms with Gasteiger partial charge in [0.2, 0.25) is 0 Å². The zero-order valence-electron chi connectivity index (χ0n) is 17.8. The average Bonchev–Trinajstić information content (AvgIpc) is 2.78. The molecule has 5 rings (SSSR count). The number of amidine groups is 1. The van der Waals surface area contributed by atoms with Crippen LogP contribution in [0.2, 0.25) is 0 Å². The van der Waals surface area contributed by atoms with E-state index in [1.807, 2.05) is 47.5 Å². The first-order valence-corrected chi connectivity index (χ1v) is 11.8. The van der Waals surface area contributed by atoms with Crippen molar-refractivity contribution < 1.29 is 4.79 Å². The van der Waals surface area contributed by atoms with Gasteiger partial charge in [0.1, 0.15) is 11.9 Å². The Bertz CT molecular complexity index is 1190. The summed E-state index contributed by atoms with van der Waals surface area (Å²) in [5.74, 6) is 1.43. The Morgan fingerprint density at radius 2 is 1.90 bits per heavy atom. The molecule has 2 aromatic rings. The predicted molar refractivity (Wildman–Crippen MR) is 125 cm³/mol. The minimum atomic E-state index is -0.178. The van der Waals surface area contributed by atoms with Gasteiger partial charge in [-0.3, -0.25) is 15.1 Å². The third-order valence-corrected chi connectivity index (χ3v) is 7.19. The Kier molecular flexibility index (Phi) is 5.40. The van der Waals surface area contributed by atoms with Crippen molar-refractivity contribution >= 4 is 28.5 Å². The van der Waals surface area contributed by atoms with Gasteiger partial charge in [-0.1, -0.05) is 78.9 Å². The molecule has 1 amide bonds. The molecule has 0 bridgehead atoms. The largest absolute Gasteiger partial charge is 0.298 e. The third kappa shape index (κ3) is 3.92. The number of rotatable bonds is 3. The Balaban J connectivity index is 1.53. The zero-order chi connectivity index (χ0) is 21.4. The molecule has 0 radical (unpaired) electrons. The molecule has 2 heterocycles. The van der Waals surface area contributed by atoms with Gasteiger partial charge >= 0.3 is 0 Å². The normalized spacial score (nSPS) is 25.0. The molecular formula is C25H26N4OS. The van der Waals surface area contributed by atoms with E-state index in [0.717, 1.165) is 29.2 Å². The fourth-order valence-electron chi connectivity index (χ4n) is 4.65. The smallest absolute Gasteiger partial charge is 0.276 e. The van der Waals surface area contributed by atoms with Crippen LogP contribution in [0.5, 0.6) is 0 Å². The number of allylic oxidation sites excluding steroid dienone is 2. The number of carbonyl (C=O) groups excluding carboxylic acids is 1. The number of nitrogens with zero attached hydrogens (tertiary/aromatic N) is 3. The maximum Gasteiger partial charge on any atom is 0.276 e. The summed E-state index contributed by atoms with van der Waals surface area (Å²) in [6.07, 6.45) is 4.16. The number of benzene rings is 2. The summed E-state index contributed by atoms with van der Waals surface area (Å²) < 4.78 is 0. The molecule has 6 heteroatoms. The van der Waals surface area contributed by atoms with Crippen LogP contribution in [-0.4, -0.2) is 22.2 Å². The molecule has 158 valence electrons. The van der Waals surface area contributed by atoms with E-state index in [0.29, 0.717) is 22.7 Å². The molecule has 0 aromatic heterocycles. The fourth-order valence-corrected chi connectivity index (χ4v) is 5.46. The molecule has 3 atom stereocenters. The van der Waals surface area contributed by atoms with Crippen LogP contribution in [-0.2, 0) is 10.5 Å².